The molecule has 33 heavy (non-hydrogen) atoms. The molecule has 0 bridgehead atoms. The Kier molecular flexibility index (Phi) is 5.92. The van der Waals surface area contributed by atoms with E-state index in [1.807, 2.05) is 21.7 Å². The molecule has 1 aliphatic carbocycles. The quantitative estimate of drug-likeness (QED) is 0.492. The molecule has 3 aliphatic rings. The van der Waals surface area contributed by atoms with Gasteiger partial charge in [-0.25, -0.2) is 0 Å². The number of fused-ring (bicyclic) bond motifs is 1. The second-order valence-electron chi connectivity index (χ2n) is 8.77. The third-order valence-corrected chi connectivity index (χ3v) is 7.67. The van der Waals surface area contributed by atoms with Gasteiger partial charge in [-0.3, -0.25) is 19.7 Å². The fourth-order valence-electron chi connectivity index (χ4n) is 5.41. The molecular formula is C23H26N4O5S. The lowest BCUT2D eigenvalue weighted by molar-refractivity contribution is -0.424. The molecule has 174 valence electrons. The van der Waals surface area contributed by atoms with Gasteiger partial charge < -0.3 is 19.1 Å². The van der Waals surface area contributed by atoms with Gasteiger partial charge in [0.15, 0.2) is 5.76 Å². The Morgan fingerprint density at radius 2 is 1.97 bits per heavy atom. The third-order valence-electron chi connectivity index (χ3n) is 6.94. The summed E-state index contributed by atoms with van der Waals surface area (Å²) in [6.07, 6.45) is 5.16. The summed E-state index contributed by atoms with van der Waals surface area (Å²) in [6.45, 7) is 2.18. The maximum atomic E-state index is 13.5. The number of carbonyl (C=O) groups excluding carboxylic acids is 2. The molecule has 0 radical (unpaired) electrons. The topological polar surface area (TPSA) is 100 Å². The molecule has 2 aliphatic heterocycles. The van der Waals surface area contributed by atoms with E-state index in [9.17, 15) is 19.7 Å². The van der Waals surface area contributed by atoms with Crippen LogP contribution in [0.2, 0.25) is 0 Å². The zero-order valence-corrected chi connectivity index (χ0v) is 19.0. The van der Waals surface area contributed by atoms with Crippen LogP contribution < -0.4 is 0 Å². The first-order chi connectivity index (χ1) is 16.0. The molecular weight excluding hydrogens is 444 g/mol. The minimum Gasteiger partial charge on any atom is -0.459 e. The summed E-state index contributed by atoms with van der Waals surface area (Å²) in [4.78, 5) is 43.2. The Morgan fingerprint density at radius 3 is 2.64 bits per heavy atom. The van der Waals surface area contributed by atoms with E-state index < -0.39 is 10.8 Å². The lowest BCUT2D eigenvalue weighted by atomic mass is 9.77. The molecule has 10 heteroatoms. The Balaban J connectivity index is 1.42. The number of nitrogens with zero attached hydrogens (tertiary/aromatic N) is 4. The summed E-state index contributed by atoms with van der Waals surface area (Å²) >= 11 is 1.56. The van der Waals surface area contributed by atoms with Gasteiger partial charge in [0, 0.05) is 44.7 Å². The van der Waals surface area contributed by atoms with Gasteiger partial charge in [-0.05, 0) is 47.4 Å². The maximum Gasteiger partial charge on any atom is 0.352 e. The predicted molar refractivity (Wildman–Crippen MR) is 121 cm³/mol. The van der Waals surface area contributed by atoms with Gasteiger partial charge in [0.1, 0.15) is 5.70 Å². The second-order valence-corrected chi connectivity index (χ2v) is 9.55. The monoisotopic (exact) mass is 470 g/mol. The molecule has 0 spiro atoms. The van der Waals surface area contributed by atoms with Crippen LogP contribution in [0.3, 0.4) is 0 Å². The normalized spacial score (nSPS) is 23.6. The average Bonchev–Trinajstić information content (AvgIpc) is 3.54. The molecule has 2 aromatic rings. The lowest BCUT2D eigenvalue weighted by Crippen LogP contribution is -2.57. The fourth-order valence-corrected chi connectivity index (χ4v) is 6.07. The minimum atomic E-state index is -0.497. The van der Waals surface area contributed by atoms with Crippen LogP contribution >= 0.6 is 11.3 Å². The number of hydrogen-bond donors (Lipinski definition) is 0. The SMILES string of the molecule is O=C(c1ccco1)N1CCN(C2=C([N+](=O)[O-])C(=O)N(Cc3ccsc3)C3CCCCC23)CC1. The molecule has 1 saturated carbocycles. The number of furan rings is 1. The maximum absolute atomic E-state index is 13.5. The van der Waals surface area contributed by atoms with E-state index in [0.717, 1.165) is 31.2 Å². The van der Waals surface area contributed by atoms with Crippen LogP contribution in [0.25, 0.3) is 0 Å². The minimum absolute atomic E-state index is 0.0346. The standard InChI is InChI=1S/C23H26N4O5S/c28-22(19-6-3-12-32-19)25-10-8-24(9-11-25)20-17-4-1-2-5-18(17)26(14-16-7-13-33-15-16)23(29)21(20)27(30)31/h3,6-7,12-13,15,17-18H,1-2,4-5,8-11,14H2. The fraction of sp³-hybridized carbons (Fsp3) is 0.478. The van der Waals surface area contributed by atoms with Crippen LogP contribution in [-0.2, 0) is 11.3 Å². The summed E-state index contributed by atoms with van der Waals surface area (Å²) in [6, 6.07) is 5.25. The van der Waals surface area contributed by atoms with Gasteiger partial charge in [0.25, 0.3) is 5.91 Å². The Bertz CT molecular complexity index is 1060. The lowest BCUT2D eigenvalue weighted by Gasteiger charge is -2.47. The second kappa shape index (κ2) is 9.01. The first-order valence-electron chi connectivity index (χ1n) is 11.3. The summed E-state index contributed by atoms with van der Waals surface area (Å²) in [5.41, 5.74) is 1.29. The molecule has 2 unspecified atom stereocenters. The number of hydrogen-bond acceptors (Lipinski definition) is 7. The van der Waals surface area contributed by atoms with Gasteiger partial charge >= 0.3 is 11.6 Å². The Hall–Kier alpha value is -3.14. The van der Waals surface area contributed by atoms with E-state index in [0.29, 0.717) is 38.4 Å². The molecule has 2 aromatic heterocycles. The Morgan fingerprint density at radius 1 is 1.18 bits per heavy atom. The molecule has 9 nitrogen and oxygen atoms in total. The number of carbonyl (C=O) groups is 2. The highest BCUT2D eigenvalue weighted by atomic mass is 32.1. The predicted octanol–water partition coefficient (Wildman–Crippen LogP) is 3.19. The molecule has 2 fully saturated rings. The Labute approximate surface area is 195 Å². The van der Waals surface area contributed by atoms with Crippen molar-refractivity contribution in [1.29, 1.82) is 0 Å². The van der Waals surface area contributed by atoms with Crippen LogP contribution in [0.1, 0.15) is 41.8 Å². The van der Waals surface area contributed by atoms with Gasteiger partial charge in [0.2, 0.25) is 0 Å². The van der Waals surface area contributed by atoms with Crippen LogP contribution in [-0.4, -0.2) is 63.7 Å². The van der Waals surface area contributed by atoms with Crippen LogP contribution in [0.15, 0.2) is 51.0 Å². The molecule has 0 N–H and O–H groups in total. The summed E-state index contributed by atoms with van der Waals surface area (Å²) < 4.78 is 5.23. The van der Waals surface area contributed by atoms with E-state index in [2.05, 4.69) is 0 Å². The third kappa shape index (κ3) is 4.03. The highest BCUT2D eigenvalue weighted by molar-refractivity contribution is 7.07. The van der Waals surface area contributed by atoms with Gasteiger partial charge in [-0.15, -0.1) is 0 Å². The van der Waals surface area contributed by atoms with Gasteiger partial charge in [-0.1, -0.05) is 12.8 Å². The molecule has 5 rings (SSSR count). The van der Waals surface area contributed by atoms with Crippen molar-refractivity contribution in [3.05, 3.63) is 68.1 Å². The van der Waals surface area contributed by atoms with Gasteiger partial charge in [0.05, 0.1) is 11.2 Å². The van der Waals surface area contributed by atoms with Crippen LogP contribution in [0, 0.1) is 16.0 Å². The van der Waals surface area contributed by atoms with E-state index >= 15 is 0 Å². The van der Waals surface area contributed by atoms with E-state index in [4.69, 9.17) is 4.42 Å². The van der Waals surface area contributed by atoms with Crippen LogP contribution in [0.5, 0.6) is 0 Å². The van der Waals surface area contributed by atoms with E-state index in [1.165, 1.54) is 6.26 Å². The average molecular weight is 471 g/mol. The zero-order chi connectivity index (χ0) is 22.9. The molecule has 0 aromatic carbocycles. The molecule has 2 atom stereocenters. The summed E-state index contributed by atoms with van der Waals surface area (Å²) in [5, 5.41) is 16.1. The first-order valence-corrected chi connectivity index (χ1v) is 12.3. The van der Waals surface area contributed by atoms with E-state index in [-0.39, 0.29) is 29.3 Å². The summed E-state index contributed by atoms with van der Waals surface area (Å²) in [7, 11) is 0. The van der Waals surface area contributed by atoms with Crippen LogP contribution in [0.4, 0.5) is 0 Å². The largest absolute Gasteiger partial charge is 0.459 e. The van der Waals surface area contributed by atoms with Crippen molar-refractivity contribution in [2.45, 2.75) is 38.3 Å². The van der Waals surface area contributed by atoms with Crippen molar-refractivity contribution in [2.24, 2.45) is 5.92 Å². The number of piperazine rings is 1. The van der Waals surface area contributed by atoms with E-state index in [1.54, 1.807) is 33.3 Å². The van der Waals surface area contributed by atoms with Crippen molar-refractivity contribution < 1.29 is 18.9 Å². The van der Waals surface area contributed by atoms with Crippen molar-refractivity contribution >= 4 is 23.2 Å². The van der Waals surface area contributed by atoms with Crippen molar-refractivity contribution in [3.63, 3.8) is 0 Å². The summed E-state index contributed by atoms with van der Waals surface area (Å²) in [5.74, 6) is -0.431. The van der Waals surface area contributed by atoms with Crippen molar-refractivity contribution in [1.82, 2.24) is 14.7 Å². The number of thiophene rings is 1. The zero-order valence-electron chi connectivity index (χ0n) is 18.2. The number of amides is 2. The number of nitro groups is 1. The highest BCUT2D eigenvalue weighted by Crippen LogP contribution is 2.42. The van der Waals surface area contributed by atoms with Gasteiger partial charge in [-0.2, -0.15) is 11.3 Å². The smallest absolute Gasteiger partial charge is 0.352 e. The number of rotatable bonds is 5. The van der Waals surface area contributed by atoms with Crippen molar-refractivity contribution in [2.75, 3.05) is 26.2 Å². The molecule has 2 amide bonds. The first kappa shape index (κ1) is 21.7. The molecule has 1 saturated heterocycles. The molecule has 4 heterocycles. The highest BCUT2D eigenvalue weighted by Gasteiger charge is 2.50. The van der Waals surface area contributed by atoms with Crippen molar-refractivity contribution in [3.8, 4) is 0 Å².